The fourth-order valence-corrected chi connectivity index (χ4v) is 3.52. The highest BCUT2D eigenvalue weighted by Gasteiger charge is 2.30. The molecule has 2 atom stereocenters. The number of ether oxygens (including phenoxy) is 2. The summed E-state index contributed by atoms with van der Waals surface area (Å²) in [5.74, 6) is 1.12. The van der Waals surface area contributed by atoms with Crippen molar-refractivity contribution in [3.8, 4) is 11.5 Å². The Kier molecular flexibility index (Phi) is 5.92. The Morgan fingerprint density at radius 2 is 1.79 bits per heavy atom. The lowest BCUT2D eigenvalue weighted by Gasteiger charge is -2.20. The molecule has 2 aromatic rings. The van der Waals surface area contributed by atoms with E-state index in [1.807, 2.05) is 24.3 Å². The van der Waals surface area contributed by atoms with Gasteiger partial charge in [-0.3, -0.25) is 10.1 Å². The number of nitrogens with two attached hydrogens (primary N) is 1. The zero-order valence-corrected chi connectivity index (χ0v) is 14.6. The van der Waals surface area contributed by atoms with Gasteiger partial charge in [0.25, 0.3) is 0 Å². The van der Waals surface area contributed by atoms with Crippen LogP contribution in [-0.2, 0) is 0 Å². The van der Waals surface area contributed by atoms with Crippen LogP contribution in [0.5, 0.6) is 11.5 Å². The van der Waals surface area contributed by atoms with Crippen molar-refractivity contribution in [1.29, 1.82) is 0 Å². The normalized spacial score (nSPS) is 13.1. The quantitative estimate of drug-likeness (QED) is 0.354. The number of hydrogen-bond acceptors (Lipinski definition) is 6. The number of para-hydroxylation sites is 1. The fraction of sp³-hybridized carbons (Fsp3) is 0.294. The number of nitrogen functional groups attached to an aromatic ring is 1. The molecular weight excluding hydrogens is 328 g/mol. The molecule has 24 heavy (non-hydrogen) atoms. The predicted octanol–water partition coefficient (Wildman–Crippen LogP) is 3.78. The van der Waals surface area contributed by atoms with Gasteiger partial charge in [-0.05, 0) is 29.8 Å². The van der Waals surface area contributed by atoms with Crippen LogP contribution in [0.15, 0.2) is 47.4 Å². The first-order valence-corrected chi connectivity index (χ1v) is 8.22. The van der Waals surface area contributed by atoms with Crippen LogP contribution >= 0.6 is 11.8 Å². The smallest absolute Gasteiger partial charge is 0.226 e. The Bertz CT molecular complexity index is 723. The van der Waals surface area contributed by atoms with Crippen molar-refractivity contribution in [1.82, 2.24) is 0 Å². The van der Waals surface area contributed by atoms with E-state index < -0.39 is 11.3 Å². The molecule has 0 radical (unpaired) electrons. The second kappa shape index (κ2) is 7.92. The molecule has 0 aromatic heterocycles. The highest BCUT2D eigenvalue weighted by molar-refractivity contribution is 7.99. The highest BCUT2D eigenvalue weighted by Crippen LogP contribution is 2.43. The Balaban J connectivity index is 2.43. The number of hydrogen-bond donors (Lipinski definition) is 1. The number of anilines is 1. The summed E-state index contributed by atoms with van der Waals surface area (Å²) in [6.45, 7) is 1.59. The monoisotopic (exact) mass is 348 g/mol. The maximum atomic E-state index is 11.4. The Hall–Kier alpha value is -2.41. The molecule has 0 saturated carbocycles. The van der Waals surface area contributed by atoms with Gasteiger partial charge in [0.1, 0.15) is 5.25 Å². The molecule has 0 aliphatic carbocycles. The molecule has 0 aliphatic rings. The summed E-state index contributed by atoms with van der Waals surface area (Å²) in [5, 5.41) is 11.0. The van der Waals surface area contributed by atoms with Crippen molar-refractivity contribution >= 4 is 17.4 Å². The van der Waals surface area contributed by atoms with Crippen LogP contribution in [0.4, 0.5) is 5.69 Å². The number of rotatable bonds is 7. The van der Waals surface area contributed by atoms with E-state index in [1.165, 1.54) is 18.9 Å². The number of benzene rings is 2. The first-order chi connectivity index (χ1) is 11.5. The van der Waals surface area contributed by atoms with Crippen LogP contribution < -0.4 is 15.2 Å². The fourth-order valence-electron chi connectivity index (χ4n) is 2.31. The maximum absolute atomic E-state index is 11.4. The standard InChI is InChI=1S/C17H20N2O4S/c1-11(19(20)21)17(24-16-7-5-4-6-13(16)18)12-8-9-14(22-2)15(10-12)23-3/h4-11,17H,18H2,1-3H3. The lowest BCUT2D eigenvalue weighted by molar-refractivity contribution is -0.518. The van der Waals surface area contributed by atoms with Gasteiger partial charge >= 0.3 is 0 Å². The molecule has 128 valence electrons. The van der Waals surface area contributed by atoms with Crippen LogP contribution in [0.2, 0.25) is 0 Å². The summed E-state index contributed by atoms with van der Waals surface area (Å²) in [6, 6.07) is 11.9. The summed E-state index contributed by atoms with van der Waals surface area (Å²) in [4.78, 5) is 11.9. The van der Waals surface area contributed by atoms with Crippen molar-refractivity contribution < 1.29 is 14.4 Å². The zero-order valence-electron chi connectivity index (χ0n) is 13.8. The molecule has 2 N–H and O–H groups in total. The summed E-state index contributed by atoms with van der Waals surface area (Å²) in [5.41, 5.74) is 7.37. The highest BCUT2D eigenvalue weighted by atomic mass is 32.2. The average molecular weight is 348 g/mol. The summed E-state index contributed by atoms with van der Waals surface area (Å²) in [7, 11) is 3.09. The van der Waals surface area contributed by atoms with Gasteiger partial charge in [0, 0.05) is 22.4 Å². The third-order valence-corrected chi connectivity index (χ3v) is 5.23. The van der Waals surface area contributed by atoms with E-state index in [1.54, 1.807) is 32.2 Å². The molecule has 7 heteroatoms. The first kappa shape index (κ1) is 17.9. The average Bonchev–Trinajstić information content (AvgIpc) is 2.59. The van der Waals surface area contributed by atoms with Gasteiger partial charge in [-0.25, -0.2) is 0 Å². The Morgan fingerprint density at radius 1 is 1.12 bits per heavy atom. The summed E-state index contributed by atoms with van der Waals surface area (Å²) >= 11 is 1.37. The first-order valence-electron chi connectivity index (χ1n) is 7.34. The lowest BCUT2D eigenvalue weighted by Crippen LogP contribution is -2.22. The van der Waals surface area contributed by atoms with Gasteiger partial charge in [0.15, 0.2) is 11.5 Å². The minimum atomic E-state index is -0.798. The Morgan fingerprint density at radius 3 is 2.38 bits per heavy atom. The van der Waals surface area contributed by atoms with Crippen LogP contribution in [-0.4, -0.2) is 25.2 Å². The predicted molar refractivity (Wildman–Crippen MR) is 95.5 cm³/mol. The van der Waals surface area contributed by atoms with E-state index in [9.17, 15) is 10.1 Å². The van der Waals surface area contributed by atoms with Gasteiger partial charge in [-0.2, -0.15) is 0 Å². The van der Waals surface area contributed by atoms with Crippen molar-refractivity contribution in [2.24, 2.45) is 0 Å². The number of nitro groups is 1. The molecule has 2 aromatic carbocycles. The van der Waals surface area contributed by atoms with E-state index in [2.05, 4.69) is 0 Å². The van der Waals surface area contributed by atoms with Gasteiger partial charge in [-0.15, -0.1) is 11.8 Å². The van der Waals surface area contributed by atoms with Gasteiger partial charge < -0.3 is 15.2 Å². The largest absolute Gasteiger partial charge is 0.493 e. The second-order valence-electron chi connectivity index (χ2n) is 5.22. The third kappa shape index (κ3) is 3.91. The van der Waals surface area contributed by atoms with Crippen LogP contribution in [0.1, 0.15) is 17.7 Å². The van der Waals surface area contributed by atoms with Crippen LogP contribution in [0, 0.1) is 10.1 Å². The van der Waals surface area contributed by atoms with Crippen molar-refractivity contribution in [2.75, 3.05) is 20.0 Å². The topological polar surface area (TPSA) is 87.6 Å². The SMILES string of the molecule is COc1ccc(C(Sc2ccccc2N)C(C)[N+](=O)[O-])cc1OC. The van der Waals surface area contributed by atoms with Crippen molar-refractivity contribution in [2.45, 2.75) is 23.1 Å². The maximum Gasteiger partial charge on any atom is 0.226 e. The summed E-state index contributed by atoms with van der Waals surface area (Å²) in [6.07, 6.45) is 0. The molecule has 2 rings (SSSR count). The molecule has 0 spiro atoms. The van der Waals surface area contributed by atoms with E-state index in [0.29, 0.717) is 17.2 Å². The van der Waals surface area contributed by atoms with Crippen LogP contribution in [0.3, 0.4) is 0 Å². The lowest BCUT2D eigenvalue weighted by atomic mass is 10.1. The minimum absolute atomic E-state index is 0.284. The molecule has 0 amide bonds. The number of thioether (sulfide) groups is 1. The molecule has 2 unspecified atom stereocenters. The van der Waals surface area contributed by atoms with Crippen molar-refractivity contribution in [3.05, 3.63) is 58.1 Å². The van der Waals surface area contributed by atoms with E-state index >= 15 is 0 Å². The third-order valence-electron chi connectivity index (χ3n) is 3.68. The second-order valence-corrected chi connectivity index (χ2v) is 6.40. The molecule has 0 aliphatic heterocycles. The van der Waals surface area contributed by atoms with Gasteiger partial charge in [-0.1, -0.05) is 18.2 Å². The van der Waals surface area contributed by atoms with Crippen LogP contribution in [0.25, 0.3) is 0 Å². The molecule has 0 heterocycles. The minimum Gasteiger partial charge on any atom is -0.493 e. The van der Waals surface area contributed by atoms with Gasteiger partial charge in [0.2, 0.25) is 6.04 Å². The van der Waals surface area contributed by atoms with Gasteiger partial charge in [0.05, 0.1) is 14.2 Å². The molecule has 0 saturated heterocycles. The number of methoxy groups -OCH3 is 2. The molecule has 0 bridgehead atoms. The molecule has 6 nitrogen and oxygen atoms in total. The van der Waals surface area contributed by atoms with Crippen molar-refractivity contribution in [3.63, 3.8) is 0 Å². The van der Waals surface area contributed by atoms with E-state index in [-0.39, 0.29) is 4.92 Å². The zero-order chi connectivity index (χ0) is 17.7. The van der Waals surface area contributed by atoms with E-state index in [0.717, 1.165) is 10.5 Å². The Labute approximate surface area is 145 Å². The number of nitrogens with zero attached hydrogens (tertiary/aromatic N) is 1. The van der Waals surface area contributed by atoms with E-state index in [4.69, 9.17) is 15.2 Å². The molecule has 0 fully saturated rings. The summed E-state index contributed by atoms with van der Waals surface area (Å²) < 4.78 is 10.5. The molecular formula is C17H20N2O4S.